The number of ether oxygens (including phenoxy) is 2. The van der Waals surface area contributed by atoms with Gasteiger partial charge in [0.2, 0.25) is 12.7 Å². The van der Waals surface area contributed by atoms with Crippen molar-refractivity contribution in [2.24, 2.45) is 0 Å². The van der Waals surface area contributed by atoms with Gasteiger partial charge >= 0.3 is 0 Å². The third kappa shape index (κ3) is 3.33. The van der Waals surface area contributed by atoms with Gasteiger partial charge in [0.15, 0.2) is 11.5 Å². The lowest BCUT2D eigenvalue weighted by Crippen LogP contribution is -2.34. The van der Waals surface area contributed by atoms with Crippen LogP contribution in [0.25, 0.3) is 0 Å². The average molecular weight is 387 g/mol. The smallest absolute Gasteiger partial charge is 0.261 e. The predicted molar refractivity (Wildman–Crippen MR) is 95.8 cm³/mol. The molecule has 27 heavy (non-hydrogen) atoms. The van der Waals surface area contributed by atoms with E-state index in [2.05, 4.69) is 5.32 Å². The first-order valence-corrected chi connectivity index (χ1v) is 8.72. The largest absolute Gasteiger partial charge is 0.454 e. The highest BCUT2D eigenvalue weighted by Crippen LogP contribution is 2.32. The van der Waals surface area contributed by atoms with Crippen LogP contribution in [0, 0.1) is 0 Å². The molecule has 2 aromatic carbocycles. The Bertz CT molecular complexity index is 959. The third-order valence-corrected chi connectivity index (χ3v) is 4.66. The number of amides is 3. The molecule has 8 heteroatoms. The number of benzene rings is 2. The van der Waals surface area contributed by atoms with Crippen LogP contribution in [0.4, 0.5) is 0 Å². The van der Waals surface area contributed by atoms with E-state index in [1.54, 1.807) is 18.2 Å². The zero-order chi connectivity index (χ0) is 19.0. The Balaban J connectivity index is 1.32. The number of halogens is 1. The van der Waals surface area contributed by atoms with Crippen molar-refractivity contribution < 1.29 is 23.9 Å². The maximum atomic E-state index is 12.3. The Morgan fingerprint density at radius 1 is 1.04 bits per heavy atom. The molecule has 0 unspecified atom stereocenters. The number of hydrogen-bond acceptors (Lipinski definition) is 5. The van der Waals surface area contributed by atoms with E-state index in [4.69, 9.17) is 21.1 Å². The summed E-state index contributed by atoms with van der Waals surface area (Å²) in [4.78, 5) is 37.9. The molecule has 0 atom stereocenters. The molecule has 0 aliphatic carbocycles. The fraction of sp³-hybridized carbons (Fsp3) is 0.211. The lowest BCUT2D eigenvalue weighted by atomic mass is 10.1. The standard InChI is InChI=1S/C19H15ClN2O5/c20-12-2-3-13-14(8-12)19(25)22(18(13)24)6-5-17(23)21-9-11-1-4-15-16(7-11)27-10-26-15/h1-4,7-8H,5-6,9-10H2,(H,21,23). The number of hydrogen-bond donors (Lipinski definition) is 1. The molecule has 0 aromatic heterocycles. The van der Waals surface area contributed by atoms with E-state index >= 15 is 0 Å². The number of nitrogens with one attached hydrogen (secondary N) is 1. The molecule has 0 bridgehead atoms. The van der Waals surface area contributed by atoms with Gasteiger partial charge in [-0.25, -0.2) is 0 Å². The summed E-state index contributed by atoms with van der Waals surface area (Å²) in [6.45, 7) is 0.515. The summed E-state index contributed by atoms with van der Waals surface area (Å²) < 4.78 is 10.5. The molecule has 0 radical (unpaired) electrons. The molecule has 2 aliphatic heterocycles. The van der Waals surface area contributed by atoms with Gasteiger partial charge in [0.1, 0.15) is 0 Å². The monoisotopic (exact) mass is 386 g/mol. The molecule has 0 saturated heterocycles. The summed E-state index contributed by atoms with van der Waals surface area (Å²) in [5.41, 5.74) is 1.45. The first kappa shape index (κ1) is 17.4. The summed E-state index contributed by atoms with van der Waals surface area (Å²) >= 11 is 5.88. The van der Waals surface area contributed by atoms with Crippen LogP contribution in [-0.2, 0) is 11.3 Å². The first-order chi connectivity index (χ1) is 13.0. The fourth-order valence-corrected chi connectivity index (χ4v) is 3.19. The Morgan fingerprint density at radius 3 is 2.67 bits per heavy atom. The van der Waals surface area contributed by atoms with E-state index in [0.29, 0.717) is 28.6 Å². The maximum Gasteiger partial charge on any atom is 0.261 e. The highest BCUT2D eigenvalue weighted by molar-refractivity contribution is 6.32. The van der Waals surface area contributed by atoms with Crippen molar-refractivity contribution in [2.45, 2.75) is 13.0 Å². The summed E-state index contributed by atoms with van der Waals surface area (Å²) in [5.74, 6) is 0.223. The number of carbonyl (C=O) groups is 3. The first-order valence-electron chi connectivity index (χ1n) is 8.34. The van der Waals surface area contributed by atoms with Gasteiger partial charge in [0, 0.05) is 24.5 Å². The van der Waals surface area contributed by atoms with E-state index in [9.17, 15) is 14.4 Å². The van der Waals surface area contributed by atoms with Gasteiger partial charge in [0.25, 0.3) is 11.8 Å². The number of carbonyl (C=O) groups excluding carboxylic acids is 3. The molecule has 2 aromatic rings. The normalized spacial score (nSPS) is 14.5. The van der Waals surface area contributed by atoms with Crippen molar-refractivity contribution in [1.82, 2.24) is 10.2 Å². The molecule has 0 fully saturated rings. The van der Waals surface area contributed by atoms with Crippen molar-refractivity contribution in [2.75, 3.05) is 13.3 Å². The Labute approximate surface area is 159 Å². The third-order valence-electron chi connectivity index (χ3n) is 4.42. The van der Waals surface area contributed by atoms with E-state index in [1.807, 2.05) is 6.07 Å². The van der Waals surface area contributed by atoms with Crippen molar-refractivity contribution in [3.63, 3.8) is 0 Å². The molecule has 2 aliphatic rings. The second-order valence-electron chi connectivity index (χ2n) is 6.17. The van der Waals surface area contributed by atoms with Crippen LogP contribution in [0.15, 0.2) is 36.4 Å². The van der Waals surface area contributed by atoms with Gasteiger partial charge in [-0.1, -0.05) is 17.7 Å². The number of nitrogens with zero attached hydrogens (tertiary/aromatic N) is 1. The molecule has 138 valence electrons. The van der Waals surface area contributed by atoms with Crippen molar-refractivity contribution in [3.8, 4) is 11.5 Å². The van der Waals surface area contributed by atoms with Crippen LogP contribution in [-0.4, -0.2) is 36.0 Å². The summed E-state index contributed by atoms with van der Waals surface area (Å²) in [6, 6.07) is 9.98. The number of fused-ring (bicyclic) bond motifs is 2. The quantitative estimate of drug-likeness (QED) is 0.797. The Morgan fingerprint density at radius 2 is 1.81 bits per heavy atom. The van der Waals surface area contributed by atoms with Crippen LogP contribution in [0.5, 0.6) is 11.5 Å². The van der Waals surface area contributed by atoms with Crippen LogP contribution in [0.1, 0.15) is 32.7 Å². The Kier molecular flexibility index (Phi) is 4.45. The highest BCUT2D eigenvalue weighted by Gasteiger charge is 2.35. The molecule has 0 spiro atoms. The highest BCUT2D eigenvalue weighted by atomic mass is 35.5. The van der Waals surface area contributed by atoms with Gasteiger partial charge in [-0.15, -0.1) is 0 Å². The van der Waals surface area contributed by atoms with E-state index in [-0.39, 0.29) is 31.2 Å². The van der Waals surface area contributed by atoms with Crippen LogP contribution in [0.3, 0.4) is 0 Å². The number of rotatable bonds is 5. The van der Waals surface area contributed by atoms with Crippen molar-refractivity contribution >= 4 is 29.3 Å². The lowest BCUT2D eigenvalue weighted by Gasteiger charge is -2.13. The maximum absolute atomic E-state index is 12.3. The van der Waals surface area contributed by atoms with Crippen molar-refractivity contribution in [3.05, 3.63) is 58.1 Å². The minimum atomic E-state index is -0.430. The van der Waals surface area contributed by atoms with Crippen LogP contribution < -0.4 is 14.8 Å². The zero-order valence-electron chi connectivity index (χ0n) is 14.2. The molecule has 0 saturated carbocycles. The molecular weight excluding hydrogens is 372 g/mol. The summed E-state index contributed by atoms with van der Waals surface area (Å²) in [7, 11) is 0. The van der Waals surface area contributed by atoms with Crippen LogP contribution in [0.2, 0.25) is 5.02 Å². The zero-order valence-corrected chi connectivity index (χ0v) is 14.9. The molecule has 7 nitrogen and oxygen atoms in total. The van der Waals surface area contributed by atoms with Crippen LogP contribution >= 0.6 is 11.6 Å². The second-order valence-corrected chi connectivity index (χ2v) is 6.60. The fourth-order valence-electron chi connectivity index (χ4n) is 3.02. The SMILES string of the molecule is O=C(CCN1C(=O)c2ccc(Cl)cc2C1=O)NCc1ccc2c(c1)OCO2. The summed E-state index contributed by atoms with van der Waals surface area (Å²) in [5, 5.41) is 3.16. The van der Waals surface area contributed by atoms with Crippen molar-refractivity contribution in [1.29, 1.82) is 0 Å². The minimum Gasteiger partial charge on any atom is -0.454 e. The van der Waals surface area contributed by atoms with E-state index < -0.39 is 11.8 Å². The van der Waals surface area contributed by atoms with Gasteiger partial charge in [-0.2, -0.15) is 0 Å². The molecule has 4 rings (SSSR count). The van der Waals surface area contributed by atoms with Gasteiger partial charge in [0.05, 0.1) is 11.1 Å². The Hall–Kier alpha value is -3.06. The molecule has 2 heterocycles. The van der Waals surface area contributed by atoms with E-state index in [0.717, 1.165) is 10.5 Å². The second kappa shape index (κ2) is 6.92. The summed E-state index contributed by atoms with van der Waals surface area (Å²) in [6.07, 6.45) is 0.0176. The minimum absolute atomic E-state index is 0.0109. The molecular formula is C19H15ClN2O5. The van der Waals surface area contributed by atoms with Gasteiger partial charge in [-0.05, 0) is 35.9 Å². The van der Waals surface area contributed by atoms with Gasteiger partial charge in [-0.3, -0.25) is 19.3 Å². The molecule has 3 amide bonds. The average Bonchev–Trinajstić information content (AvgIpc) is 3.21. The topological polar surface area (TPSA) is 84.9 Å². The molecule has 1 N–H and O–H groups in total. The van der Waals surface area contributed by atoms with Gasteiger partial charge < -0.3 is 14.8 Å². The number of imide groups is 1. The van der Waals surface area contributed by atoms with E-state index in [1.165, 1.54) is 12.1 Å². The predicted octanol–water partition coefficient (Wildman–Crippen LogP) is 2.37. The lowest BCUT2D eigenvalue weighted by molar-refractivity contribution is -0.121.